The molecular formula is C23H25N5O2. The number of aromatic nitrogens is 3. The van der Waals surface area contributed by atoms with Gasteiger partial charge in [-0.05, 0) is 48.6 Å². The van der Waals surface area contributed by atoms with Crippen molar-refractivity contribution >= 4 is 33.7 Å². The quantitative estimate of drug-likeness (QED) is 0.559. The Kier molecular flexibility index (Phi) is 4.34. The molecule has 0 radical (unpaired) electrons. The summed E-state index contributed by atoms with van der Waals surface area (Å²) in [4.78, 5) is 17.0. The molecule has 4 aromatic rings. The van der Waals surface area contributed by atoms with E-state index in [1.807, 2.05) is 12.4 Å². The van der Waals surface area contributed by atoms with Gasteiger partial charge in [0.15, 0.2) is 5.58 Å². The lowest BCUT2D eigenvalue weighted by Gasteiger charge is -2.33. The van der Waals surface area contributed by atoms with Crippen LogP contribution in [0.4, 0.5) is 11.7 Å². The van der Waals surface area contributed by atoms with E-state index in [1.54, 1.807) is 0 Å². The minimum atomic E-state index is 0.584. The Hall–Kier alpha value is -3.06. The van der Waals surface area contributed by atoms with Crippen LogP contribution in [0.3, 0.4) is 0 Å². The van der Waals surface area contributed by atoms with E-state index in [1.165, 1.54) is 16.6 Å². The number of hydrogen-bond acceptors (Lipinski definition) is 6. The predicted octanol–water partition coefficient (Wildman–Crippen LogP) is 3.92. The normalized spacial score (nSPS) is 18.5. The van der Waals surface area contributed by atoms with Crippen LogP contribution >= 0.6 is 0 Å². The average molecular weight is 403 g/mol. The van der Waals surface area contributed by atoms with Crippen LogP contribution in [0.2, 0.25) is 0 Å². The minimum Gasteiger partial charge on any atom is -0.423 e. The number of pyridine rings is 1. The van der Waals surface area contributed by atoms with Crippen molar-refractivity contribution in [2.75, 3.05) is 49.2 Å². The first-order valence-electron chi connectivity index (χ1n) is 10.7. The molecule has 0 bridgehead atoms. The standard InChI is InChI=1S/C23H25N5O2/c1-2-22-20(26-23(30-22)28-9-11-29-12-10-28)13-17(1)27-7-4-16(5-8-27)19-14-25-21-15-24-6-3-18(19)21/h1-3,6,13-16,25H,4-5,7-12H2. The summed E-state index contributed by atoms with van der Waals surface area (Å²) >= 11 is 0. The van der Waals surface area contributed by atoms with E-state index in [0.717, 1.165) is 68.9 Å². The summed E-state index contributed by atoms with van der Waals surface area (Å²) in [6.07, 6.45) is 8.25. The summed E-state index contributed by atoms with van der Waals surface area (Å²) in [5, 5.41) is 1.31. The lowest BCUT2D eigenvalue weighted by Crippen LogP contribution is -2.36. The van der Waals surface area contributed by atoms with Gasteiger partial charge in [-0.25, -0.2) is 0 Å². The van der Waals surface area contributed by atoms with Gasteiger partial charge >= 0.3 is 0 Å². The van der Waals surface area contributed by atoms with Gasteiger partial charge in [0.25, 0.3) is 6.01 Å². The smallest absolute Gasteiger partial charge is 0.298 e. The van der Waals surface area contributed by atoms with Gasteiger partial charge in [0.2, 0.25) is 0 Å². The molecule has 30 heavy (non-hydrogen) atoms. The monoisotopic (exact) mass is 403 g/mol. The average Bonchev–Trinajstić information content (AvgIpc) is 3.44. The highest BCUT2D eigenvalue weighted by atomic mass is 16.5. The fraction of sp³-hybridized carbons (Fsp3) is 0.391. The topological polar surface area (TPSA) is 70.4 Å². The molecule has 5 heterocycles. The second-order valence-corrected chi connectivity index (χ2v) is 8.17. The van der Waals surface area contributed by atoms with E-state index in [9.17, 15) is 0 Å². The van der Waals surface area contributed by atoms with Gasteiger partial charge in [-0.1, -0.05) is 0 Å². The highest BCUT2D eigenvalue weighted by Gasteiger charge is 2.24. The number of ether oxygens (including phenoxy) is 1. The lowest BCUT2D eigenvalue weighted by molar-refractivity contribution is 0.120. The third kappa shape index (κ3) is 3.10. The summed E-state index contributed by atoms with van der Waals surface area (Å²) < 4.78 is 11.4. The largest absolute Gasteiger partial charge is 0.423 e. The number of hydrogen-bond donors (Lipinski definition) is 1. The molecule has 2 aliphatic rings. The third-order valence-corrected chi connectivity index (χ3v) is 6.46. The van der Waals surface area contributed by atoms with Crippen molar-refractivity contribution in [3.63, 3.8) is 0 Å². The van der Waals surface area contributed by atoms with Crippen LogP contribution in [0.1, 0.15) is 24.3 Å². The van der Waals surface area contributed by atoms with Crippen molar-refractivity contribution in [2.24, 2.45) is 0 Å². The second-order valence-electron chi connectivity index (χ2n) is 8.17. The highest BCUT2D eigenvalue weighted by molar-refractivity contribution is 5.83. The fourth-order valence-electron chi connectivity index (χ4n) is 4.77. The van der Waals surface area contributed by atoms with E-state index < -0.39 is 0 Å². The van der Waals surface area contributed by atoms with Crippen molar-refractivity contribution in [3.8, 4) is 0 Å². The van der Waals surface area contributed by atoms with E-state index in [2.05, 4.69) is 50.2 Å². The Morgan fingerprint density at radius 3 is 2.73 bits per heavy atom. The molecule has 0 aliphatic carbocycles. The number of nitrogens with zero attached hydrogens (tertiary/aromatic N) is 4. The maximum absolute atomic E-state index is 5.99. The first-order chi connectivity index (χ1) is 14.8. The van der Waals surface area contributed by atoms with Gasteiger partial charge in [0.1, 0.15) is 5.52 Å². The number of aromatic amines is 1. The van der Waals surface area contributed by atoms with Crippen LogP contribution in [0, 0.1) is 0 Å². The first kappa shape index (κ1) is 17.8. The first-order valence-corrected chi connectivity index (χ1v) is 10.7. The minimum absolute atomic E-state index is 0.584. The Balaban J connectivity index is 1.19. The summed E-state index contributed by atoms with van der Waals surface area (Å²) in [7, 11) is 0. The van der Waals surface area contributed by atoms with Crippen LogP contribution < -0.4 is 9.80 Å². The number of morpholine rings is 1. The van der Waals surface area contributed by atoms with Crippen molar-refractivity contribution in [1.29, 1.82) is 0 Å². The number of H-pyrrole nitrogens is 1. The van der Waals surface area contributed by atoms with Gasteiger partial charge in [0.05, 0.1) is 24.9 Å². The van der Waals surface area contributed by atoms with Gasteiger partial charge in [-0.3, -0.25) is 4.98 Å². The molecule has 0 unspecified atom stereocenters. The predicted molar refractivity (Wildman–Crippen MR) is 117 cm³/mol. The van der Waals surface area contributed by atoms with Gasteiger partial charge in [-0.2, -0.15) is 4.98 Å². The van der Waals surface area contributed by atoms with Crippen molar-refractivity contribution < 1.29 is 9.15 Å². The molecule has 3 aromatic heterocycles. The van der Waals surface area contributed by atoms with Crippen LogP contribution in [-0.4, -0.2) is 54.3 Å². The molecule has 2 aliphatic heterocycles. The SMILES string of the molecule is c1cc2c(C3CCN(c4ccc5oc(N6CCOCC6)nc5c4)CC3)c[nH]c2cn1. The molecule has 7 nitrogen and oxygen atoms in total. The number of benzene rings is 1. The highest BCUT2D eigenvalue weighted by Crippen LogP contribution is 2.35. The van der Waals surface area contributed by atoms with E-state index >= 15 is 0 Å². The Morgan fingerprint density at radius 1 is 1.00 bits per heavy atom. The second kappa shape index (κ2) is 7.32. The van der Waals surface area contributed by atoms with Crippen LogP contribution in [0.5, 0.6) is 0 Å². The van der Waals surface area contributed by atoms with Gasteiger partial charge in [0, 0.05) is 49.6 Å². The van der Waals surface area contributed by atoms with Crippen molar-refractivity contribution in [1.82, 2.24) is 15.0 Å². The molecule has 0 saturated carbocycles. The van der Waals surface area contributed by atoms with Gasteiger partial charge in [-0.15, -0.1) is 0 Å². The molecule has 0 atom stereocenters. The van der Waals surface area contributed by atoms with Crippen LogP contribution in [0.15, 0.2) is 47.3 Å². The molecule has 0 spiro atoms. The Labute approximate surface area is 174 Å². The Morgan fingerprint density at radius 2 is 1.87 bits per heavy atom. The zero-order chi connectivity index (χ0) is 19.9. The molecule has 1 N–H and O–H groups in total. The molecule has 154 valence electrons. The molecule has 7 heteroatoms. The number of oxazole rings is 1. The van der Waals surface area contributed by atoms with Crippen molar-refractivity contribution in [2.45, 2.75) is 18.8 Å². The number of nitrogens with one attached hydrogen (secondary N) is 1. The summed E-state index contributed by atoms with van der Waals surface area (Å²) in [6, 6.07) is 9.21. The molecule has 6 rings (SSSR count). The molecule has 1 aromatic carbocycles. The Bertz CT molecular complexity index is 1170. The maximum atomic E-state index is 5.99. The molecule has 2 saturated heterocycles. The third-order valence-electron chi connectivity index (χ3n) is 6.46. The molecule has 2 fully saturated rings. The number of anilines is 2. The summed E-state index contributed by atoms with van der Waals surface area (Å²) in [5.41, 5.74) is 5.56. The van der Waals surface area contributed by atoms with Gasteiger partial charge < -0.3 is 23.9 Å². The zero-order valence-corrected chi connectivity index (χ0v) is 16.9. The van der Waals surface area contributed by atoms with E-state index in [-0.39, 0.29) is 0 Å². The zero-order valence-electron chi connectivity index (χ0n) is 16.9. The summed E-state index contributed by atoms with van der Waals surface area (Å²) in [5.74, 6) is 0.584. The van der Waals surface area contributed by atoms with Crippen molar-refractivity contribution in [3.05, 3.63) is 48.4 Å². The van der Waals surface area contributed by atoms with Crippen LogP contribution in [-0.2, 0) is 4.74 Å². The number of piperidine rings is 1. The van der Waals surface area contributed by atoms with E-state index in [0.29, 0.717) is 11.9 Å². The maximum Gasteiger partial charge on any atom is 0.298 e. The lowest BCUT2D eigenvalue weighted by atomic mass is 9.89. The summed E-state index contributed by atoms with van der Waals surface area (Å²) in [6.45, 7) is 5.20. The fourth-order valence-corrected chi connectivity index (χ4v) is 4.77. The van der Waals surface area contributed by atoms with Crippen LogP contribution in [0.25, 0.3) is 22.0 Å². The number of rotatable bonds is 3. The number of fused-ring (bicyclic) bond motifs is 2. The molecular weight excluding hydrogens is 378 g/mol. The molecule has 0 amide bonds. The van der Waals surface area contributed by atoms with E-state index in [4.69, 9.17) is 14.1 Å².